The first-order valence-electron chi connectivity index (χ1n) is 13.7. The fraction of sp³-hybridized carbons (Fsp3) is 0.267. The van der Waals surface area contributed by atoms with Crippen LogP contribution in [0.5, 0.6) is 11.5 Å². The highest BCUT2D eigenvalue weighted by Crippen LogP contribution is 2.31. The van der Waals surface area contributed by atoms with Gasteiger partial charge in [-0.3, -0.25) is 4.79 Å². The summed E-state index contributed by atoms with van der Waals surface area (Å²) >= 11 is 0. The maximum atomic E-state index is 13.6. The molecule has 5 aromatic rings. The van der Waals surface area contributed by atoms with Crippen molar-refractivity contribution in [2.24, 2.45) is 7.05 Å². The first-order valence-corrected chi connectivity index (χ1v) is 13.7. The Balaban J connectivity index is 1.21. The van der Waals surface area contributed by atoms with Gasteiger partial charge in [0.1, 0.15) is 34.7 Å². The normalized spacial score (nSPS) is 15.2. The standard InChI is InChI=1S/C30H30FN9O3/c1-18-13-20(5-9-26(18)43-22-6-8-25-24(14-22)36-37-38(25)3)34-29-28-23(32-17-33-29)7-10-27(35-28)39-11-12-40(30(41)19(2)31)21(15-39)16-42-4/h5-10,13-14,17,21H,2,11-12,15-16H2,1,3-4H3,(H,32,33,34)/t21-/m0/s1. The predicted molar refractivity (Wildman–Crippen MR) is 160 cm³/mol. The van der Waals surface area contributed by atoms with Gasteiger partial charge in [-0.25, -0.2) is 24.0 Å². The second-order valence-corrected chi connectivity index (χ2v) is 10.3. The summed E-state index contributed by atoms with van der Waals surface area (Å²) in [5.41, 5.74) is 4.67. The number of pyridine rings is 1. The van der Waals surface area contributed by atoms with Crippen LogP contribution in [0.4, 0.5) is 21.7 Å². The number of rotatable bonds is 8. The van der Waals surface area contributed by atoms with Crippen LogP contribution in [0, 0.1) is 6.92 Å². The van der Waals surface area contributed by atoms with E-state index in [9.17, 15) is 9.18 Å². The van der Waals surface area contributed by atoms with Crippen LogP contribution < -0.4 is 15.0 Å². The summed E-state index contributed by atoms with van der Waals surface area (Å²) in [7, 11) is 3.40. The smallest absolute Gasteiger partial charge is 0.282 e. The zero-order chi connectivity index (χ0) is 30.1. The van der Waals surface area contributed by atoms with Crippen molar-refractivity contribution in [3.05, 3.63) is 72.8 Å². The van der Waals surface area contributed by atoms with Gasteiger partial charge in [0.05, 0.1) is 23.7 Å². The third kappa shape index (κ3) is 5.66. The third-order valence-electron chi connectivity index (χ3n) is 7.37. The number of hydrogen-bond donors (Lipinski definition) is 1. The molecule has 6 rings (SSSR count). The molecule has 0 aliphatic carbocycles. The molecule has 0 saturated carbocycles. The summed E-state index contributed by atoms with van der Waals surface area (Å²) < 4.78 is 26.8. The highest BCUT2D eigenvalue weighted by Gasteiger charge is 2.32. The zero-order valence-corrected chi connectivity index (χ0v) is 24.0. The van der Waals surface area contributed by atoms with Crippen LogP contribution in [0.3, 0.4) is 0 Å². The van der Waals surface area contributed by atoms with Crippen molar-refractivity contribution in [2.75, 3.05) is 43.6 Å². The van der Waals surface area contributed by atoms with Crippen molar-refractivity contribution in [1.82, 2.24) is 34.8 Å². The molecule has 0 spiro atoms. The summed E-state index contributed by atoms with van der Waals surface area (Å²) in [5, 5.41) is 11.6. The summed E-state index contributed by atoms with van der Waals surface area (Å²) in [5.74, 6) is 0.918. The maximum Gasteiger partial charge on any atom is 0.282 e. The Bertz CT molecular complexity index is 1840. The lowest BCUT2D eigenvalue weighted by Gasteiger charge is -2.41. The highest BCUT2D eigenvalue weighted by molar-refractivity contribution is 5.91. The van der Waals surface area contributed by atoms with Crippen LogP contribution in [-0.4, -0.2) is 80.1 Å². The number of ether oxygens (including phenoxy) is 2. The van der Waals surface area contributed by atoms with E-state index >= 15 is 0 Å². The number of methoxy groups -OCH3 is 1. The van der Waals surface area contributed by atoms with Crippen molar-refractivity contribution in [3.8, 4) is 11.5 Å². The molecule has 1 N–H and O–H groups in total. The van der Waals surface area contributed by atoms with Crippen LogP contribution in [0.2, 0.25) is 0 Å². The molecule has 13 heteroatoms. The Morgan fingerprint density at radius 2 is 1.98 bits per heavy atom. The van der Waals surface area contributed by atoms with Gasteiger partial charge in [-0.05, 0) is 55.0 Å². The van der Waals surface area contributed by atoms with Crippen molar-refractivity contribution in [1.29, 1.82) is 0 Å². The summed E-state index contributed by atoms with van der Waals surface area (Å²) in [6, 6.07) is 14.9. The summed E-state index contributed by atoms with van der Waals surface area (Å²) in [6.07, 6.45) is 1.49. The lowest BCUT2D eigenvalue weighted by molar-refractivity contribution is -0.132. The van der Waals surface area contributed by atoms with Crippen molar-refractivity contribution >= 4 is 45.3 Å². The lowest BCUT2D eigenvalue weighted by atomic mass is 10.1. The van der Waals surface area contributed by atoms with Gasteiger partial charge in [0.25, 0.3) is 5.91 Å². The molecule has 220 valence electrons. The quantitative estimate of drug-likeness (QED) is 0.265. The van der Waals surface area contributed by atoms with Gasteiger partial charge < -0.3 is 24.6 Å². The Kier molecular flexibility index (Phi) is 7.55. The molecule has 12 nitrogen and oxygen atoms in total. The molecule has 43 heavy (non-hydrogen) atoms. The zero-order valence-electron chi connectivity index (χ0n) is 24.0. The number of hydrogen-bond acceptors (Lipinski definition) is 10. The van der Waals surface area contributed by atoms with Gasteiger partial charge >= 0.3 is 0 Å². The van der Waals surface area contributed by atoms with Crippen LogP contribution in [0.25, 0.3) is 22.1 Å². The van der Waals surface area contributed by atoms with E-state index in [4.69, 9.17) is 14.5 Å². The first kappa shape index (κ1) is 28.0. The number of fused-ring (bicyclic) bond motifs is 2. The minimum absolute atomic E-state index is 0.257. The minimum atomic E-state index is -0.982. The largest absolute Gasteiger partial charge is 0.457 e. The molecule has 0 radical (unpaired) electrons. The van der Waals surface area contributed by atoms with Crippen molar-refractivity contribution in [2.45, 2.75) is 13.0 Å². The number of nitrogens with one attached hydrogen (secondary N) is 1. The van der Waals surface area contributed by atoms with Gasteiger partial charge in [-0.15, -0.1) is 5.10 Å². The summed E-state index contributed by atoms with van der Waals surface area (Å²) in [6.45, 7) is 6.59. The second kappa shape index (κ2) is 11.6. The van der Waals surface area contributed by atoms with Crippen LogP contribution in [0.1, 0.15) is 5.56 Å². The number of nitrogens with zero attached hydrogens (tertiary/aromatic N) is 8. The first-order chi connectivity index (χ1) is 20.8. The van der Waals surface area contributed by atoms with Crippen molar-refractivity contribution < 1.29 is 18.7 Å². The monoisotopic (exact) mass is 583 g/mol. The molecule has 1 fully saturated rings. The SMILES string of the molecule is C=C(F)C(=O)N1CCN(c2ccc3ncnc(Nc4ccc(Oc5ccc6c(c5)nnn6C)c(C)c4)c3n2)C[C@H]1COC. The number of halogens is 1. The van der Waals surface area contributed by atoms with E-state index in [1.54, 1.807) is 11.8 Å². The number of carbonyl (C=O) groups is 1. The Morgan fingerprint density at radius 3 is 2.77 bits per heavy atom. The summed E-state index contributed by atoms with van der Waals surface area (Å²) in [4.78, 5) is 29.6. The van der Waals surface area contributed by atoms with Gasteiger partial charge in [0, 0.05) is 45.5 Å². The molecule has 1 aliphatic heterocycles. The number of anilines is 3. The fourth-order valence-electron chi connectivity index (χ4n) is 5.21. The highest BCUT2D eigenvalue weighted by atomic mass is 19.1. The molecule has 1 atom stereocenters. The Morgan fingerprint density at radius 1 is 1.12 bits per heavy atom. The van der Waals surface area contributed by atoms with E-state index in [1.807, 2.05) is 67.4 Å². The van der Waals surface area contributed by atoms with Gasteiger partial charge in [-0.2, -0.15) is 0 Å². The number of piperazine rings is 1. The molecule has 3 aromatic heterocycles. The molecule has 2 aromatic carbocycles. The van der Waals surface area contributed by atoms with E-state index in [0.29, 0.717) is 53.8 Å². The Hall–Kier alpha value is -5.17. The lowest BCUT2D eigenvalue weighted by Crippen LogP contribution is -2.57. The van der Waals surface area contributed by atoms with E-state index in [0.717, 1.165) is 22.3 Å². The molecule has 0 bridgehead atoms. The number of benzene rings is 2. The van der Waals surface area contributed by atoms with Crippen LogP contribution >= 0.6 is 0 Å². The number of aromatic nitrogens is 6. The van der Waals surface area contributed by atoms with Gasteiger partial charge in [-0.1, -0.05) is 11.8 Å². The van der Waals surface area contributed by atoms with Crippen LogP contribution in [0.15, 0.2) is 67.3 Å². The number of aryl methyl sites for hydroxylation is 2. The third-order valence-corrected chi connectivity index (χ3v) is 7.37. The minimum Gasteiger partial charge on any atom is -0.457 e. The topological polar surface area (TPSA) is 123 Å². The fourth-order valence-corrected chi connectivity index (χ4v) is 5.21. The number of carbonyl (C=O) groups excluding carboxylic acids is 1. The Labute approximate surface area is 246 Å². The molecule has 1 amide bonds. The van der Waals surface area contributed by atoms with E-state index in [-0.39, 0.29) is 12.6 Å². The van der Waals surface area contributed by atoms with E-state index in [2.05, 4.69) is 32.2 Å². The molecule has 4 heterocycles. The number of amides is 1. The maximum absolute atomic E-state index is 13.6. The van der Waals surface area contributed by atoms with Gasteiger partial charge in [0.2, 0.25) is 0 Å². The second-order valence-electron chi connectivity index (χ2n) is 10.3. The molecular formula is C30H30FN9O3. The molecule has 1 saturated heterocycles. The average Bonchev–Trinajstić information content (AvgIpc) is 3.38. The van der Waals surface area contributed by atoms with E-state index in [1.165, 1.54) is 11.2 Å². The predicted octanol–water partition coefficient (Wildman–Crippen LogP) is 4.30. The van der Waals surface area contributed by atoms with E-state index < -0.39 is 11.7 Å². The van der Waals surface area contributed by atoms with Crippen molar-refractivity contribution in [3.63, 3.8) is 0 Å². The molecule has 1 aliphatic rings. The van der Waals surface area contributed by atoms with Crippen LogP contribution in [-0.2, 0) is 16.6 Å². The molecule has 0 unspecified atom stereocenters. The average molecular weight is 584 g/mol. The van der Waals surface area contributed by atoms with Gasteiger partial charge in [0.15, 0.2) is 11.6 Å². The molecular weight excluding hydrogens is 553 g/mol.